The molecule has 1 aromatic heterocycles. The van der Waals surface area contributed by atoms with E-state index >= 15 is 0 Å². The van der Waals surface area contributed by atoms with Crippen molar-refractivity contribution in [1.82, 2.24) is 9.55 Å². The van der Waals surface area contributed by atoms with Gasteiger partial charge in [0.2, 0.25) is 5.95 Å². The van der Waals surface area contributed by atoms with Gasteiger partial charge in [-0.1, -0.05) is 12.1 Å². The molecule has 2 rings (SSSR count). The van der Waals surface area contributed by atoms with Gasteiger partial charge in [-0.05, 0) is 24.6 Å². The van der Waals surface area contributed by atoms with Crippen molar-refractivity contribution >= 4 is 11.6 Å². The van der Waals surface area contributed by atoms with Crippen molar-refractivity contribution in [3.8, 4) is 0 Å². The van der Waals surface area contributed by atoms with E-state index in [0.717, 1.165) is 24.7 Å². The number of nitrogens with zero attached hydrogens (tertiary/aromatic N) is 3. The van der Waals surface area contributed by atoms with Crippen LogP contribution in [0.2, 0.25) is 0 Å². The number of nitrogens with two attached hydrogens (primary N) is 1. The lowest BCUT2D eigenvalue weighted by atomic mass is 10.2. The van der Waals surface area contributed by atoms with Crippen LogP contribution in [0.3, 0.4) is 0 Å². The maximum atomic E-state index is 5.68. The minimum Gasteiger partial charge on any atom is -0.399 e. The molecular formula is C13H18N4. The first-order chi connectivity index (χ1) is 8.20. The molecule has 0 aliphatic heterocycles. The fourth-order valence-electron chi connectivity index (χ4n) is 1.83. The monoisotopic (exact) mass is 230 g/mol. The highest BCUT2D eigenvalue weighted by molar-refractivity contribution is 5.41. The fourth-order valence-corrected chi connectivity index (χ4v) is 1.83. The van der Waals surface area contributed by atoms with Crippen LogP contribution in [0.1, 0.15) is 12.5 Å². The highest BCUT2D eigenvalue weighted by Crippen LogP contribution is 2.14. The largest absolute Gasteiger partial charge is 0.399 e. The molecule has 0 amide bonds. The summed E-state index contributed by atoms with van der Waals surface area (Å²) in [6.07, 6.45) is 3.78. The van der Waals surface area contributed by atoms with Crippen molar-refractivity contribution in [3.63, 3.8) is 0 Å². The van der Waals surface area contributed by atoms with Crippen molar-refractivity contribution in [2.45, 2.75) is 13.5 Å². The normalized spacial score (nSPS) is 10.5. The van der Waals surface area contributed by atoms with Crippen LogP contribution >= 0.6 is 0 Å². The Labute approximate surface area is 102 Å². The minimum absolute atomic E-state index is 0.800. The molecule has 0 aliphatic carbocycles. The summed E-state index contributed by atoms with van der Waals surface area (Å²) in [5.74, 6) is 0.990. The number of anilines is 2. The van der Waals surface area contributed by atoms with Crippen LogP contribution in [-0.4, -0.2) is 16.1 Å². The number of hydrogen-bond donors (Lipinski definition) is 1. The van der Waals surface area contributed by atoms with Crippen molar-refractivity contribution < 1.29 is 0 Å². The summed E-state index contributed by atoms with van der Waals surface area (Å²) < 4.78 is 2.03. The quantitative estimate of drug-likeness (QED) is 0.817. The Morgan fingerprint density at radius 3 is 2.53 bits per heavy atom. The van der Waals surface area contributed by atoms with Crippen LogP contribution in [0.15, 0.2) is 36.7 Å². The molecule has 0 bridgehead atoms. The SMILES string of the molecule is CCN(Cc1ccc(N)cc1)c1nccn1C. The minimum atomic E-state index is 0.800. The molecule has 17 heavy (non-hydrogen) atoms. The predicted octanol–water partition coefficient (Wildman–Crippen LogP) is 2.03. The van der Waals surface area contributed by atoms with E-state index in [-0.39, 0.29) is 0 Å². The van der Waals surface area contributed by atoms with E-state index in [1.54, 1.807) is 0 Å². The van der Waals surface area contributed by atoms with Crippen molar-refractivity contribution in [1.29, 1.82) is 0 Å². The second-order valence-electron chi connectivity index (χ2n) is 4.09. The van der Waals surface area contributed by atoms with Gasteiger partial charge in [0.25, 0.3) is 0 Å². The lowest BCUT2D eigenvalue weighted by Gasteiger charge is -2.22. The van der Waals surface area contributed by atoms with Gasteiger partial charge in [-0.15, -0.1) is 0 Å². The summed E-state index contributed by atoms with van der Waals surface area (Å²) in [6.45, 7) is 3.91. The Balaban J connectivity index is 2.16. The summed E-state index contributed by atoms with van der Waals surface area (Å²) in [6, 6.07) is 7.98. The Hall–Kier alpha value is -1.97. The summed E-state index contributed by atoms with van der Waals surface area (Å²) in [7, 11) is 2.01. The van der Waals surface area contributed by atoms with Crippen molar-refractivity contribution in [2.24, 2.45) is 7.05 Å². The van der Waals surface area contributed by atoms with Gasteiger partial charge in [-0.3, -0.25) is 0 Å². The van der Waals surface area contributed by atoms with Crippen LogP contribution in [0.4, 0.5) is 11.6 Å². The van der Waals surface area contributed by atoms with E-state index in [1.165, 1.54) is 5.56 Å². The molecule has 0 atom stereocenters. The topological polar surface area (TPSA) is 47.1 Å². The van der Waals surface area contributed by atoms with Gasteiger partial charge in [0.15, 0.2) is 0 Å². The zero-order valence-electron chi connectivity index (χ0n) is 10.3. The molecule has 1 heterocycles. The van der Waals surface area contributed by atoms with E-state index < -0.39 is 0 Å². The lowest BCUT2D eigenvalue weighted by Crippen LogP contribution is -2.24. The summed E-state index contributed by atoms with van der Waals surface area (Å²) in [5, 5.41) is 0. The molecule has 0 spiro atoms. The zero-order chi connectivity index (χ0) is 12.3. The van der Waals surface area contributed by atoms with Gasteiger partial charge in [0.1, 0.15) is 0 Å². The van der Waals surface area contributed by atoms with Gasteiger partial charge in [-0.25, -0.2) is 4.98 Å². The fraction of sp³-hybridized carbons (Fsp3) is 0.308. The smallest absolute Gasteiger partial charge is 0.205 e. The Morgan fingerprint density at radius 1 is 1.29 bits per heavy atom. The second-order valence-corrected chi connectivity index (χ2v) is 4.09. The lowest BCUT2D eigenvalue weighted by molar-refractivity contribution is 0.754. The van der Waals surface area contributed by atoms with Gasteiger partial charge in [0, 0.05) is 38.2 Å². The van der Waals surface area contributed by atoms with Crippen molar-refractivity contribution in [3.05, 3.63) is 42.2 Å². The van der Waals surface area contributed by atoms with E-state index in [0.29, 0.717) is 0 Å². The molecule has 2 N–H and O–H groups in total. The van der Waals surface area contributed by atoms with Crippen LogP contribution in [0.5, 0.6) is 0 Å². The molecule has 1 aromatic carbocycles. The first-order valence-electron chi connectivity index (χ1n) is 5.77. The van der Waals surface area contributed by atoms with E-state index in [4.69, 9.17) is 5.73 Å². The number of rotatable bonds is 4. The molecule has 2 aromatic rings. The third-order valence-electron chi connectivity index (χ3n) is 2.81. The van der Waals surface area contributed by atoms with Crippen LogP contribution in [-0.2, 0) is 13.6 Å². The zero-order valence-corrected chi connectivity index (χ0v) is 10.3. The molecule has 0 radical (unpaired) electrons. The summed E-state index contributed by atoms with van der Waals surface area (Å²) in [4.78, 5) is 6.59. The molecule has 0 unspecified atom stereocenters. The summed E-state index contributed by atoms with van der Waals surface area (Å²) >= 11 is 0. The average molecular weight is 230 g/mol. The van der Waals surface area contributed by atoms with Gasteiger partial charge < -0.3 is 15.2 Å². The number of aromatic nitrogens is 2. The van der Waals surface area contributed by atoms with Crippen LogP contribution in [0.25, 0.3) is 0 Å². The number of aryl methyl sites for hydroxylation is 1. The van der Waals surface area contributed by atoms with Gasteiger partial charge in [-0.2, -0.15) is 0 Å². The molecule has 4 heteroatoms. The standard InChI is InChI=1S/C13H18N4/c1-3-17(13-15-8-9-16(13)2)10-11-4-6-12(14)7-5-11/h4-9H,3,10,14H2,1-2H3. The van der Waals surface area contributed by atoms with Crippen molar-refractivity contribution in [2.75, 3.05) is 17.2 Å². The summed E-state index contributed by atoms with van der Waals surface area (Å²) in [5.41, 5.74) is 7.72. The Kier molecular flexibility index (Phi) is 3.32. The third-order valence-corrected chi connectivity index (χ3v) is 2.81. The first kappa shape index (κ1) is 11.5. The van der Waals surface area contributed by atoms with Crippen LogP contribution < -0.4 is 10.6 Å². The molecule has 0 saturated heterocycles. The number of nitrogen functional groups attached to an aromatic ring is 1. The van der Waals surface area contributed by atoms with Gasteiger partial charge >= 0.3 is 0 Å². The average Bonchev–Trinajstić information content (AvgIpc) is 2.75. The molecule has 0 saturated carbocycles. The number of imidazole rings is 1. The Morgan fingerprint density at radius 2 is 2.00 bits per heavy atom. The maximum absolute atomic E-state index is 5.68. The van der Waals surface area contributed by atoms with Gasteiger partial charge in [0.05, 0.1) is 0 Å². The number of benzene rings is 1. The van der Waals surface area contributed by atoms with Crippen LogP contribution in [0, 0.1) is 0 Å². The highest BCUT2D eigenvalue weighted by Gasteiger charge is 2.09. The predicted molar refractivity (Wildman–Crippen MR) is 70.8 cm³/mol. The number of hydrogen-bond acceptors (Lipinski definition) is 3. The molecule has 0 aliphatic rings. The first-order valence-corrected chi connectivity index (χ1v) is 5.77. The molecule has 0 fully saturated rings. The molecule has 90 valence electrons. The highest BCUT2D eigenvalue weighted by atomic mass is 15.3. The third kappa shape index (κ3) is 2.58. The maximum Gasteiger partial charge on any atom is 0.205 e. The molecular weight excluding hydrogens is 212 g/mol. The Bertz CT molecular complexity index is 472. The van der Waals surface area contributed by atoms with E-state index in [1.807, 2.05) is 36.1 Å². The van der Waals surface area contributed by atoms with E-state index in [9.17, 15) is 0 Å². The van der Waals surface area contributed by atoms with E-state index in [2.05, 4.69) is 28.9 Å². The second kappa shape index (κ2) is 4.91. The molecule has 4 nitrogen and oxygen atoms in total.